The lowest BCUT2D eigenvalue weighted by molar-refractivity contribution is -0.385. The number of nitro groups is 1. The number of rotatable bonds is 3. The lowest BCUT2D eigenvalue weighted by Gasteiger charge is -2.06. The fourth-order valence-electron chi connectivity index (χ4n) is 1.92. The van der Waals surface area contributed by atoms with Crippen LogP contribution in [0.15, 0.2) is 47.5 Å². The highest BCUT2D eigenvalue weighted by Gasteiger charge is 2.19. The summed E-state index contributed by atoms with van der Waals surface area (Å²) in [5, 5.41) is 11.2. The molecule has 0 aromatic heterocycles. The Balaban J connectivity index is 2.57. The molecule has 0 heterocycles. The van der Waals surface area contributed by atoms with Crippen molar-refractivity contribution in [3.63, 3.8) is 0 Å². The fourth-order valence-corrected chi connectivity index (χ4v) is 2.26. The van der Waals surface area contributed by atoms with Crippen LogP contribution in [0, 0.1) is 24.0 Å². The van der Waals surface area contributed by atoms with Crippen LogP contribution in [0.2, 0.25) is 0 Å². The minimum absolute atomic E-state index is 0.0349. The van der Waals surface area contributed by atoms with Gasteiger partial charge in [-0.15, -0.1) is 0 Å². The van der Waals surface area contributed by atoms with Crippen molar-refractivity contribution in [2.75, 3.05) is 0 Å². The summed E-state index contributed by atoms with van der Waals surface area (Å²) in [7, 11) is 0. The number of benzene rings is 2. The first-order valence-electron chi connectivity index (χ1n) is 6.05. The summed E-state index contributed by atoms with van der Waals surface area (Å²) in [6.07, 6.45) is 0. The third kappa shape index (κ3) is 2.86. The Morgan fingerprint density at radius 1 is 1.10 bits per heavy atom. The van der Waals surface area contributed by atoms with E-state index in [-0.39, 0.29) is 10.9 Å². The molecule has 0 spiro atoms. The molecule has 20 heavy (non-hydrogen) atoms. The molecule has 0 saturated carbocycles. The topological polar surface area (TPSA) is 55.5 Å². The molecule has 102 valence electrons. The molecular formula is C15H13ClN2O2. The average molecular weight is 289 g/mol. The van der Waals surface area contributed by atoms with Gasteiger partial charge in [0.15, 0.2) is 0 Å². The number of aliphatic imine (C=N–C) groups is 1. The van der Waals surface area contributed by atoms with Crippen molar-refractivity contribution in [1.82, 2.24) is 0 Å². The number of nitro benzene ring substituents is 1. The van der Waals surface area contributed by atoms with E-state index in [1.165, 1.54) is 6.07 Å². The van der Waals surface area contributed by atoms with E-state index in [0.717, 1.165) is 11.1 Å². The Kier molecular flexibility index (Phi) is 4.15. The number of nitrogens with zero attached hydrogens (tertiary/aromatic N) is 2. The minimum Gasteiger partial charge on any atom is -0.258 e. The normalized spacial score (nSPS) is 11.4. The van der Waals surface area contributed by atoms with Gasteiger partial charge in [-0.2, -0.15) is 0 Å². The summed E-state index contributed by atoms with van der Waals surface area (Å²) in [4.78, 5) is 15.0. The highest BCUT2D eigenvalue weighted by atomic mass is 35.5. The molecule has 0 atom stereocenters. The second-order valence-corrected chi connectivity index (χ2v) is 4.77. The highest BCUT2D eigenvalue weighted by molar-refractivity contribution is 6.70. The van der Waals surface area contributed by atoms with Crippen molar-refractivity contribution in [3.8, 4) is 0 Å². The zero-order chi connectivity index (χ0) is 14.7. The maximum atomic E-state index is 11.1. The van der Waals surface area contributed by atoms with Crippen molar-refractivity contribution < 1.29 is 4.92 Å². The summed E-state index contributed by atoms with van der Waals surface area (Å²) in [6.45, 7) is 3.69. The van der Waals surface area contributed by atoms with Gasteiger partial charge in [0.05, 0.1) is 16.2 Å². The van der Waals surface area contributed by atoms with E-state index in [4.69, 9.17) is 11.6 Å². The molecule has 2 aromatic carbocycles. The van der Waals surface area contributed by atoms with E-state index >= 15 is 0 Å². The molecule has 4 nitrogen and oxygen atoms in total. The SMILES string of the molecule is Cc1ccccc1/N=C(\Cl)c1c(C)cccc1[N+](=O)[O-]. The van der Waals surface area contributed by atoms with Crippen molar-refractivity contribution >= 4 is 28.1 Å². The van der Waals surface area contributed by atoms with E-state index in [1.807, 2.05) is 31.2 Å². The van der Waals surface area contributed by atoms with Gasteiger partial charge in [-0.25, -0.2) is 4.99 Å². The second kappa shape index (κ2) is 5.84. The summed E-state index contributed by atoms with van der Waals surface area (Å²) in [5.41, 5.74) is 2.72. The van der Waals surface area contributed by atoms with Gasteiger partial charge in [0, 0.05) is 6.07 Å². The van der Waals surface area contributed by atoms with Gasteiger partial charge in [0.1, 0.15) is 5.17 Å². The van der Waals surface area contributed by atoms with Gasteiger partial charge < -0.3 is 0 Å². The van der Waals surface area contributed by atoms with E-state index in [0.29, 0.717) is 11.3 Å². The van der Waals surface area contributed by atoms with Crippen molar-refractivity contribution in [2.24, 2.45) is 4.99 Å². The van der Waals surface area contributed by atoms with Crippen LogP contribution in [0.4, 0.5) is 11.4 Å². The van der Waals surface area contributed by atoms with Gasteiger partial charge in [-0.3, -0.25) is 10.1 Å². The third-order valence-electron chi connectivity index (χ3n) is 2.99. The zero-order valence-electron chi connectivity index (χ0n) is 11.1. The Labute approximate surface area is 121 Å². The molecule has 0 bridgehead atoms. The first-order valence-corrected chi connectivity index (χ1v) is 6.42. The van der Waals surface area contributed by atoms with Crippen LogP contribution >= 0.6 is 11.6 Å². The first-order chi connectivity index (χ1) is 9.50. The maximum Gasteiger partial charge on any atom is 0.279 e. The van der Waals surface area contributed by atoms with Gasteiger partial charge in [0.2, 0.25) is 0 Å². The molecule has 0 saturated heterocycles. The molecule has 5 heteroatoms. The lowest BCUT2D eigenvalue weighted by Crippen LogP contribution is -2.02. The van der Waals surface area contributed by atoms with Gasteiger partial charge in [0.25, 0.3) is 5.69 Å². The standard InChI is InChI=1S/C15H13ClN2O2/c1-10-6-3-4-8-12(10)17-15(16)14-11(2)7-5-9-13(14)18(19)20/h3-9H,1-2H3/b17-15-. The lowest BCUT2D eigenvalue weighted by atomic mass is 10.1. The van der Waals surface area contributed by atoms with Crippen LogP contribution in [0.5, 0.6) is 0 Å². The molecule has 0 unspecified atom stereocenters. The average Bonchev–Trinajstić information content (AvgIpc) is 2.40. The number of hydrogen-bond donors (Lipinski definition) is 0. The van der Waals surface area contributed by atoms with Crippen LogP contribution in [0.3, 0.4) is 0 Å². The maximum absolute atomic E-state index is 11.1. The summed E-state index contributed by atoms with van der Waals surface area (Å²) in [6, 6.07) is 12.3. The second-order valence-electron chi connectivity index (χ2n) is 4.42. The number of aryl methyl sites for hydroxylation is 2. The summed E-state index contributed by atoms with van der Waals surface area (Å²) < 4.78 is 0. The third-order valence-corrected chi connectivity index (χ3v) is 3.26. The molecule has 0 radical (unpaired) electrons. The van der Waals surface area contributed by atoms with Crippen LogP contribution in [-0.2, 0) is 0 Å². The van der Waals surface area contributed by atoms with E-state index in [1.54, 1.807) is 19.1 Å². The predicted molar refractivity (Wildman–Crippen MR) is 81.1 cm³/mol. The van der Waals surface area contributed by atoms with E-state index in [2.05, 4.69) is 4.99 Å². The molecule has 0 amide bonds. The number of para-hydroxylation sites is 1. The Morgan fingerprint density at radius 3 is 2.40 bits per heavy atom. The van der Waals surface area contributed by atoms with Crippen molar-refractivity contribution in [3.05, 3.63) is 69.3 Å². The first kappa shape index (κ1) is 14.2. The van der Waals surface area contributed by atoms with Crippen LogP contribution in [0.1, 0.15) is 16.7 Å². The van der Waals surface area contributed by atoms with E-state index < -0.39 is 4.92 Å². The smallest absolute Gasteiger partial charge is 0.258 e. The molecule has 0 N–H and O–H groups in total. The molecule has 2 aromatic rings. The Bertz CT molecular complexity index is 696. The van der Waals surface area contributed by atoms with Gasteiger partial charge in [-0.1, -0.05) is 41.9 Å². The molecule has 0 fully saturated rings. The van der Waals surface area contributed by atoms with E-state index in [9.17, 15) is 10.1 Å². The highest BCUT2D eigenvalue weighted by Crippen LogP contribution is 2.27. The number of hydrogen-bond acceptors (Lipinski definition) is 3. The minimum atomic E-state index is -0.446. The predicted octanol–water partition coefficient (Wildman–Crippen LogP) is 4.53. The largest absolute Gasteiger partial charge is 0.279 e. The fraction of sp³-hybridized carbons (Fsp3) is 0.133. The molecule has 0 aliphatic rings. The van der Waals surface area contributed by atoms with Crippen LogP contribution < -0.4 is 0 Å². The molecule has 0 aliphatic carbocycles. The van der Waals surface area contributed by atoms with Crippen molar-refractivity contribution in [2.45, 2.75) is 13.8 Å². The molecule has 2 rings (SSSR count). The van der Waals surface area contributed by atoms with Crippen molar-refractivity contribution in [1.29, 1.82) is 0 Å². The quantitative estimate of drug-likeness (QED) is 0.473. The Hall–Kier alpha value is -2.20. The van der Waals surface area contributed by atoms with Gasteiger partial charge >= 0.3 is 0 Å². The molecule has 0 aliphatic heterocycles. The van der Waals surface area contributed by atoms with Crippen LogP contribution in [0.25, 0.3) is 0 Å². The van der Waals surface area contributed by atoms with Crippen LogP contribution in [-0.4, -0.2) is 10.1 Å². The van der Waals surface area contributed by atoms with Gasteiger partial charge in [-0.05, 0) is 31.0 Å². The summed E-state index contributed by atoms with van der Waals surface area (Å²) in [5.74, 6) is 0. The molecular weight excluding hydrogens is 276 g/mol. The summed E-state index contributed by atoms with van der Waals surface area (Å²) >= 11 is 6.21. The number of halogens is 1. The Morgan fingerprint density at radius 2 is 1.75 bits per heavy atom. The zero-order valence-corrected chi connectivity index (χ0v) is 11.9. The monoisotopic (exact) mass is 288 g/mol.